The lowest BCUT2D eigenvalue weighted by molar-refractivity contribution is 0.292. The molecule has 0 amide bonds. The monoisotopic (exact) mass is 498 g/mol. The van der Waals surface area contributed by atoms with E-state index in [9.17, 15) is 8.78 Å². The van der Waals surface area contributed by atoms with Gasteiger partial charge in [-0.05, 0) is 51.5 Å². The largest absolute Gasteiger partial charge is 0.492 e. The van der Waals surface area contributed by atoms with Crippen molar-refractivity contribution in [3.63, 3.8) is 0 Å². The number of nitrogens with one attached hydrogen (secondary N) is 2. The van der Waals surface area contributed by atoms with E-state index in [1.807, 2.05) is 0 Å². The van der Waals surface area contributed by atoms with Gasteiger partial charge in [0.2, 0.25) is 0 Å². The highest BCUT2D eigenvalue weighted by Gasteiger charge is 2.07. The fourth-order valence-electron chi connectivity index (χ4n) is 2.57. The quantitative estimate of drug-likeness (QED) is 0.212. The Morgan fingerprint density at radius 1 is 1.22 bits per heavy atom. The highest BCUT2D eigenvalue weighted by molar-refractivity contribution is 14.0. The molecule has 0 radical (unpaired) electrons. The molecular formula is C19H33F2IN4O. The number of hydrogen-bond acceptors (Lipinski definition) is 3. The van der Waals surface area contributed by atoms with Gasteiger partial charge in [0.15, 0.2) is 17.6 Å². The van der Waals surface area contributed by atoms with Crippen molar-refractivity contribution in [3.05, 3.63) is 29.8 Å². The number of ether oxygens (including phenoxy) is 1. The summed E-state index contributed by atoms with van der Waals surface area (Å²) in [7, 11) is 1.72. The van der Waals surface area contributed by atoms with Gasteiger partial charge >= 0.3 is 0 Å². The van der Waals surface area contributed by atoms with Crippen LogP contribution in [-0.4, -0.2) is 56.7 Å². The van der Waals surface area contributed by atoms with Crippen molar-refractivity contribution >= 4 is 29.9 Å². The molecule has 0 spiro atoms. The fraction of sp³-hybridized carbons (Fsp3) is 0.632. The van der Waals surface area contributed by atoms with Crippen LogP contribution in [0.1, 0.15) is 33.6 Å². The molecule has 0 fully saturated rings. The molecule has 2 N–H and O–H groups in total. The van der Waals surface area contributed by atoms with Gasteiger partial charge in [0.25, 0.3) is 0 Å². The van der Waals surface area contributed by atoms with Gasteiger partial charge in [0.1, 0.15) is 12.4 Å². The first-order valence-electron chi connectivity index (χ1n) is 9.27. The van der Waals surface area contributed by atoms with Gasteiger partial charge in [-0.1, -0.05) is 13.8 Å². The summed E-state index contributed by atoms with van der Waals surface area (Å²) in [5.74, 6) is -0.783. The van der Waals surface area contributed by atoms with Crippen molar-refractivity contribution in [1.29, 1.82) is 0 Å². The normalized spacial score (nSPS) is 12.5. The molecule has 1 aromatic rings. The topological polar surface area (TPSA) is 48.9 Å². The molecule has 1 rings (SSSR count). The van der Waals surface area contributed by atoms with Gasteiger partial charge in [0, 0.05) is 19.2 Å². The molecule has 1 unspecified atom stereocenters. The highest BCUT2D eigenvalue weighted by atomic mass is 127. The van der Waals surface area contributed by atoms with Crippen molar-refractivity contribution in [1.82, 2.24) is 15.5 Å². The summed E-state index contributed by atoms with van der Waals surface area (Å²) in [6.07, 6.45) is 2.19. The standard InChI is InChI=1S/C19H32F2N4O.HI/c1-5-25(6-2)12-7-8-15(3)24-19(22-4)23-11-13-26-16-9-10-17(20)18(21)14-16;/h9-10,14-15H,5-8,11-13H2,1-4H3,(H2,22,23,24);1H. The second-order valence-electron chi connectivity index (χ2n) is 6.14. The summed E-state index contributed by atoms with van der Waals surface area (Å²) in [6.45, 7) is 10.6. The van der Waals surface area contributed by atoms with Crippen molar-refractivity contribution in [2.45, 2.75) is 39.7 Å². The van der Waals surface area contributed by atoms with Crippen molar-refractivity contribution in [3.8, 4) is 5.75 Å². The van der Waals surface area contributed by atoms with Gasteiger partial charge in [-0.15, -0.1) is 24.0 Å². The van der Waals surface area contributed by atoms with Crippen LogP contribution in [0.25, 0.3) is 0 Å². The highest BCUT2D eigenvalue weighted by Crippen LogP contribution is 2.14. The Morgan fingerprint density at radius 2 is 1.93 bits per heavy atom. The van der Waals surface area contributed by atoms with E-state index in [0.29, 0.717) is 30.9 Å². The molecule has 1 atom stereocenters. The van der Waals surface area contributed by atoms with Crippen LogP contribution in [-0.2, 0) is 0 Å². The van der Waals surface area contributed by atoms with Crippen molar-refractivity contribution < 1.29 is 13.5 Å². The molecule has 0 saturated heterocycles. The second kappa shape index (κ2) is 14.8. The summed E-state index contributed by atoms with van der Waals surface area (Å²) in [5, 5.41) is 6.50. The molecule has 27 heavy (non-hydrogen) atoms. The van der Waals surface area contributed by atoms with E-state index in [1.54, 1.807) is 7.05 Å². The number of aliphatic imine (C=N–C) groups is 1. The molecule has 0 aliphatic rings. The third-order valence-electron chi connectivity index (χ3n) is 4.17. The Bertz CT molecular complexity index is 557. The van der Waals surface area contributed by atoms with Gasteiger partial charge in [0.05, 0.1) is 6.54 Å². The van der Waals surface area contributed by atoms with E-state index in [1.165, 1.54) is 6.07 Å². The Balaban J connectivity index is 0.00000676. The smallest absolute Gasteiger partial charge is 0.191 e. The minimum absolute atomic E-state index is 0. The molecule has 0 aromatic heterocycles. The van der Waals surface area contributed by atoms with Crippen LogP contribution < -0.4 is 15.4 Å². The van der Waals surface area contributed by atoms with E-state index in [4.69, 9.17) is 4.74 Å². The average molecular weight is 498 g/mol. The van der Waals surface area contributed by atoms with E-state index in [2.05, 4.69) is 41.3 Å². The molecule has 0 aliphatic heterocycles. The Hall–Kier alpha value is -1.16. The zero-order valence-electron chi connectivity index (χ0n) is 16.7. The van der Waals surface area contributed by atoms with Gasteiger partial charge in [-0.25, -0.2) is 8.78 Å². The van der Waals surface area contributed by atoms with Crippen LogP contribution in [0.3, 0.4) is 0 Å². The maximum Gasteiger partial charge on any atom is 0.191 e. The predicted molar refractivity (Wildman–Crippen MR) is 118 cm³/mol. The molecule has 156 valence electrons. The van der Waals surface area contributed by atoms with Crippen LogP contribution in [0.5, 0.6) is 5.75 Å². The molecule has 5 nitrogen and oxygen atoms in total. The number of halogens is 3. The number of rotatable bonds is 11. The zero-order chi connectivity index (χ0) is 19.4. The maximum absolute atomic E-state index is 13.1. The van der Waals surface area contributed by atoms with Gasteiger partial charge in [-0.3, -0.25) is 4.99 Å². The second-order valence-corrected chi connectivity index (χ2v) is 6.14. The Kier molecular flexibility index (Phi) is 14.2. The van der Waals surface area contributed by atoms with Crippen molar-refractivity contribution in [2.75, 3.05) is 39.8 Å². The van der Waals surface area contributed by atoms with Crippen LogP contribution in [0, 0.1) is 11.6 Å². The molecule has 0 saturated carbocycles. The Labute approximate surface area is 179 Å². The van der Waals surface area contributed by atoms with E-state index < -0.39 is 11.6 Å². The summed E-state index contributed by atoms with van der Waals surface area (Å²) in [5.41, 5.74) is 0. The van der Waals surface area contributed by atoms with Gasteiger partial charge in [-0.2, -0.15) is 0 Å². The summed E-state index contributed by atoms with van der Waals surface area (Å²) in [4.78, 5) is 6.60. The first kappa shape index (κ1) is 25.8. The number of guanidine groups is 1. The van der Waals surface area contributed by atoms with Crippen LogP contribution in [0.2, 0.25) is 0 Å². The molecule has 8 heteroatoms. The minimum Gasteiger partial charge on any atom is -0.492 e. The van der Waals surface area contributed by atoms with E-state index in [-0.39, 0.29) is 24.0 Å². The van der Waals surface area contributed by atoms with E-state index >= 15 is 0 Å². The predicted octanol–water partition coefficient (Wildman–Crippen LogP) is 3.64. The zero-order valence-corrected chi connectivity index (χ0v) is 19.1. The van der Waals surface area contributed by atoms with Crippen molar-refractivity contribution in [2.24, 2.45) is 4.99 Å². The van der Waals surface area contributed by atoms with E-state index in [0.717, 1.165) is 44.6 Å². The first-order valence-corrected chi connectivity index (χ1v) is 9.27. The summed E-state index contributed by atoms with van der Waals surface area (Å²) >= 11 is 0. The average Bonchev–Trinajstić information content (AvgIpc) is 2.64. The molecule has 0 heterocycles. The third-order valence-corrected chi connectivity index (χ3v) is 4.17. The number of nitrogens with zero attached hydrogens (tertiary/aromatic N) is 2. The lowest BCUT2D eigenvalue weighted by Crippen LogP contribution is -2.43. The molecular weight excluding hydrogens is 465 g/mol. The van der Waals surface area contributed by atoms with Crippen LogP contribution in [0.4, 0.5) is 8.78 Å². The number of hydrogen-bond donors (Lipinski definition) is 2. The van der Waals surface area contributed by atoms with Gasteiger partial charge < -0.3 is 20.3 Å². The Morgan fingerprint density at radius 3 is 2.52 bits per heavy atom. The molecule has 1 aromatic carbocycles. The first-order chi connectivity index (χ1) is 12.5. The molecule has 0 aliphatic carbocycles. The summed E-state index contributed by atoms with van der Waals surface area (Å²) in [6, 6.07) is 3.81. The van der Waals surface area contributed by atoms with Crippen LogP contribution >= 0.6 is 24.0 Å². The third kappa shape index (κ3) is 10.7. The lowest BCUT2D eigenvalue weighted by atomic mass is 10.2. The van der Waals surface area contributed by atoms with Crippen LogP contribution in [0.15, 0.2) is 23.2 Å². The minimum atomic E-state index is -0.911. The summed E-state index contributed by atoms with van der Waals surface area (Å²) < 4.78 is 31.4. The maximum atomic E-state index is 13.1. The SMILES string of the molecule is CCN(CC)CCCC(C)NC(=NC)NCCOc1ccc(F)c(F)c1.I. The molecule has 0 bridgehead atoms. The number of benzene rings is 1. The lowest BCUT2D eigenvalue weighted by Gasteiger charge is -2.21. The fourth-order valence-corrected chi connectivity index (χ4v) is 2.57.